The number of aryl methyl sites for hydroxylation is 1. The van der Waals surface area contributed by atoms with Gasteiger partial charge in [0, 0.05) is 13.1 Å². The zero-order valence-electron chi connectivity index (χ0n) is 12.3. The highest BCUT2D eigenvalue weighted by Gasteiger charge is 2.28. The normalized spacial score (nSPS) is 17.1. The van der Waals surface area contributed by atoms with Gasteiger partial charge in [-0.2, -0.15) is 4.31 Å². The first-order chi connectivity index (χ1) is 9.55. The summed E-state index contributed by atoms with van der Waals surface area (Å²) < 4.78 is 32.7. The topological polar surface area (TPSA) is 46.6 Å². The lowest BCUT2D eigenvalue weighted by atomic mass is 10.2. The van der Waals surface area contributed by atoms with Crippen LogP contribution in [0.15, 0.2) is 23.1 Å². The largest absolute Gasteiger partial charge is 0.492 e. The van der Waals surface area contributed by atoms with Crippen molar-refractivity contribution in [1.29, 1.82) is 0 Å². The average Bonchev–Trinajstić information content (AvgIpc) is 2.47. The molecule has 0 N–H and O–H groups in total. The Kier molecular flexibility index (Phi) is 5.05. The van der Waals surface area contributed by atoms with Crippen molar-refractivity contribution in [2.45, 2.75) is 44.4 Å². The van der Waals surface area contributed by atoms with Gasteiger partial charge in [-0.1, -0.05) is 19.4 Å². The van der Waals surface area contributed by atoms with Crippen LogP contribution in [0.1, 0.15) is 38.2 Å². The molecular weight excluding hydrogens is 274 g/mol. The molecule has 20 heavy (non-hydrogen) atoms. The van der Waals surface area contributed by atoms with E-state index in [1.54, 1.807) is 16.4 Å². The average molecular weight is 297 g/mol. The Labute approximate surface area is 121 Å². The van der Waals surface area contributed by atoms with E-state index in [0.717, 1.165) is 31.2 Å². The second-order valence-corrected chi connectivity index (χ2v) is 7.17. The van der Waals surface area contributed by atoms with Gasteiger partial charge in [0.15, 0.2) is 0 Å². The van der Waals surface area contributed by atoms with Crippen molar-refractivity contribution in [2.24, 2.45) is 0 Å². The van der Waals surface area contributed by atoms with Crippen LogP contribution in [0, 0.1) is 6.92 Å². The molecular formula is C15H23NO3S. The lowest BCUT2D eigenvalue weighted by Crippen LogP contribution is -2.35. The predicted molar refractivity (Wildman–Crippen MR) is 79.6 cm³/mol. The van der Waals surface area contributed by atoms with Gasteiger partial charge in [0.05, 0.1) is 6.61 Å². The maximum absolute atomic E-state index is 12.8. The monoisotopic (exact) mass is 297 g/mol. The zero-order valence-corrected chi connectivity index (χ0v) is 13.1. The second-order valence-electron chi connectivity index (χ2n) is 5.26. The van der Waals surface area contributed by atoms with E-state index in [1.807, 2.05) is 19.9 Å². The van der Waals surface area contributed by atoms with Gasteiger partial charge in [-0.25, -0.2) is 8.42 Å². The maximum Gasteiger partial charge on any atom is 0.246 e. The fourth-order valence-corrected chi connectivity index (χ4v) is 4.13. The summed E-state index contributed by atoms with van der Waals surface area (Å²) >= 11 is 0. The zero-order chi connectivity index (χ0) is 14.6. The third-order valence-electron chi connectivity index (χ3n) is 3.49. The Balaban J connectivity index is 2.35. The van der Waals surface area contributed by atoms with E-state index in [9.17, 15) is 8.42 Å². The lowest BCUT2D eigenvalue weighted by molar-refractivity contribution is 0.305. The summed E-state index contributed by atoms with van der Waals surface area (Å²) in [5, 5.41) is 0. The minimum absolute atomic E-state index is 0.313. The van der Waals surface area contributed by atoms with E-state index < -0.39 is 10.0 Å². The van der Waals surface area contributed by atoms with Crippen molar-refractivity contribution in [2.75, 3.05) is 19.7 Å². The Hall–Kier alpha value is -1.07. The molecule has 1 aliphatic heterocycles. The molecule has 1 saturated heterocycles. The lowest BCUT2D eigenvalue weighted by Gasteiger charge is -2.26. The molecule has 1 aliphatic rings. The molecule has 1 aromatic rings. The van der Waals surface area contributed by atoms with E-state index in [1.165, 1.54) is 0 Å². The van der Waals surface area contributed by atoms with Crippen LogP contribution in [0.2, 0.25) is 0 Å². The third kappa shape index (κ3) is 3.33. The number of nitrogens with zero attached hydrogens (tertiary/aromatic N) is 1. The Bertz CT molecular complexity index is 548. The highest BCUT2D eigenvalue weighted by molar-refractivity contribution is 7.89. The number of hydrogen-bond acceptors (Lipinski definition) is 3. The first-order valence-electron chi connectivity index (χ1n) is 7.29. The predicted octanol–water partition coefficient (Wildman–Crippen LogP) is 2.96. The summed E-state index contributed by atoms with van der Waals surface area (Å²) in [5.74, 6) is 0.475. The number of piperidine rings is 1. The van der Waals surface area contributed by atoms with Crippen LogP contribution in [0.4, 0.5) is 0 Å². The van der Waals surface area contributed by atoms with Crippen molar-refractivity contribution < 1.29 is 13.2 Å². The fraction of sp³-hybridized carbons (Fsp3) is 0.600. The van der Waals surface area contributed by atoms with Gasteiger partial charge in [-0.3, -0.25) is 0 Å². The molecule has 0 aliphatic carbocycles. The van der Waals surface area contributed by atoms with Crippen molar-refractivity contribution in [1.82, 2.24) is 4.31 Å². The van der Waals surface area contributed by atoms with Crippen molar-refractivity contribution >= 4 is 10.0 Å². The summed E-state index contributed by atoms with van der Waals surface area (Å²) in [4.78, 5) is 0.313. The van der Waals surface area contributed by atoms with Crippen LogP contribution in [-0.2, 0) is 10.0 Å². The van der Waals surface area contributed by atoms with Gasteiger partial charge in [-0.15, -0.1) is 0 Å². The molecule has 0 atom stereocenters. The number of ether oxygens (including phenoxy) is 1. The van der Waals surface area contributed by atoms with Crippen LogP contribution < -0.4 is 4.74 Å². The minimum Gasteiger partial charge on any atom is -0.492 e. The highest BCUT2D eigenvalue weighted by atomic mass is 32.2. The van der Waals surface area contributed by atoms with Crippen LogP contribution >= 0.6 is 0 Å². The molecule has 0 spiro atoms. The van der Waals surface area contributed by atoms with Crippen LogP contribution in [0.3, 0.4) is 0 Å². The van der Waals surface area contributed by atoms with Gasteiger partial charge in [0.1, 0.15) is 10.6 Å². The number of hydrogen-bond donors (Lipinski definition) is 0. The van der Waals surface area contributed by atoms with Crippen LogP contribution in [0.5, 0.6) is 5.75 Å². The molecule has 0 unspecified atom stereocenters. The summed E-state index contributed by atoms with van der Waals surface area (Å²) in [5.41, 5.74) is 0.935. The molecule has 0 saturated carbocycles. The number of sulfonamides is 1. The molecule has 0 bridgehead atoms. The third-order valence-corrected chi connectivity index (χ3v) is 5.41. The summed E-state index contributed by atoms with van der Waals surface area (Å²) in [7, 11) is -3.44. The molecule has 1 fully saturated rings. The van der Waals surface area contributed by atoms with Gasteiger partial charge >= 0.3 is 0 Å². The molecule has 1 heterocycles. The maximum atomic E-state index is 12.8. The van der Waals surface area contributed by atoms with Crippen LogP contribution in [0.25, 0.3) is 0 Å². The van der Waals surface area contributed by atoms with Crippen LogP contribution in [-0.4, -0.2) is 32.4 Å². The molecule has 5 heteroatoms. The van der Waals surface area contributed by atoms with Gasteiger partial charge < -0.3 is 4.74 Å². The highest BCUT2D eigenvalue weighted by Crippen LogP contribution is 2.29. The Morgan fingerprint density at radius 2 is 1.90 bits per heavy atom. The van der Waals surface area contributed by atoms with Crippen molar-refractivity contribution in [3.05, 3.63) is 23.8 Å². The molecule has 2 rings (SSSR count). The molecule has 0 radical (unpaired) electrons. The first-order valence-corrected chi connectivity index (χ1v) is 8.73. The SMILES string of the molecule is CCCOc1ccc(C)cc1S(=O)(=O)N1CCCCC1. The Morgan fingerprint density at radius 1 is 1.20 bits per heavy atom. The molecule has 0 amide bonds. The molecule has 4 nitrogen and oxygen atoms in total. The molecule has 1 aromatic carbocycles. The smallest absolute Gasteiger partial charge is 0.246 e. The van der Waals surface area contributed by atoms with E-state index in [-0.39, 0.29) is 0 Å². The van der Waals surface area contributed by atoms with E-state index >= 15 is 0 Å². The molecule has 0 aromatic heterocycles. The van der Waals surface area contributed by atoms with Gasteiger partial charge in [0.2, 0.25) is 10.0 Å². The standard InChI is InChI=1S/C15H23NO3S/c1-3-11-19-14-8-7-13(2)12-15(14)20(17,18)16-9-5-4-6-10-16/h7-8,12H,3-6,9-11H2,1-2H3. The van der Waals surface area contributed by atoms with E-state index in [2.05, 4.69) is 0 Å². The van der Waals surface area contributed by atoms with E-state index in [0.29, 0.717) is 30.3 Å². The van der Waals surface area contributed by atoms with Crippen molar-refractivity contribution in [3.63, 3.8) is 0 Å². The van der Waals surface area contributed by atoms with E-state index in [4.69, 9.17) is 4.74 Å². The number of benzene rings is 1. The second kappa shape index (κ2) is 6.59. The van der Waals surface area contributed by atoms with Gasteiger partial charge in [0.25, 0.3) is 0 Å². The summed E-state index contributed by atoms with van der Waals surface area (Å²) in [6.07, 6.45) is 3.85. The number of rotatable bonds is 5. The molecule has 112 valence electrons. The quantitative estimate of drug-likeness (QED) is 0.839. The summed E-state index contributed by atoms with van der Waals surface area (Å²) in [6.45, 7) is 5.67. The van der Waals surface area contributed by atoms with Crippen molar-refractivity contribution in [3.8, 4) is 5.75 Å². The van der Waals surface area contributed by atoms with Gasteiger partial charge in [-0.05, 0) is 43.9 Å². The Morgan fingerprint density at radius 3 is 2.55 bits per heavy atom. The fourth-order valence-electron chi connectivity index (χ4n) is 2.39. The first kappa shape index (κ1) is 15.3. The summed E-state index contributed by atoms with van der Waals surface area (Å²) in [6, 6.07) is 5.37. The minimum atomic E-state index is -3.44.